The maximum atomic E-state index is 12.4. The molecule has 3 nitrogen and oxygen atoms in total. The first-order valence-electron chi connectivity index (χ1n) is 4.39. The van der Waals surface area contributed by atoms with Gasteiger partial charge in [0.05, 0.1) is 11.3 Å². The SMILES string of the molecule is O=C(O)[C@@]12CNC[C@@H]1[C@@H](C(F)(F)F)C2. The fourth-order valence-electron chi connectivity index (χ4n) is 2.57. The highest BCUT2D eigenvalue weighted by atomic mass is 19.4. The van der Waals surface area contributed by atoms with E-state index in [0.29, 0.717) is 0 Å². The topological polar surface area (TPSA) is 49.3 Å². The smallest absolute Gasteiger partial charge is 0.392 e. The number of fused-ring (bicyclic) bond motifs is 1. The third kappa shape index (κ3) is 1.06. The van der Waals surface area contributed by atoms with E-state index in [0.717, 1.165) is 0 Å². The zero-order chi connectivity index (χ0) is 10.6. The molecule has 2 aliphatic rings. The summed E-state index contributed by atoms with van der Waals surface area (Å²) in [7, 11) is 0. The van der Waals surface area contributed by atoms with E-state index in [-0.39, 0.29) is 19.5 Å². The van der Waals surface area contributed by atoms with E-state index in [1.165, 1.54) is 0 Å². The maximum absolute atomic E-state index is 12.4. The fraction of sp³-hybridized carbons (Fsp3) is 0.875. The molecule has 14 heavy (non-hydrogen) atoms. The normalized spacial score (nSPS) is 41.6. The van der Waals surface area contributed by atoms with Crippen LogP contribution in [0.3, 0.4) is 0 Å². The molecular formula is C8H10F3NO2. The summed E-state index contributed by atoms with van der Waals surface area (Å²) < 4.78 is 37.1. The molecule has 2 fully saturated rings. The van der Waals surface area contributed by atoms with Crippen LogP contribution in [-0.2, 0) is 4.79 Å². The van der Waals surface area contributed by atoms with Crippen LogP contribution in [0.5, 0.6) is 0 Å². The molecule has 1 heterocycles. The predicted octanol–water partition coefficient (Wildman–Crippen LogP) is 0.859. The van der Waals surface area contributed by atoms with E-state index in [9.17, 15) is 18.0 Å². The van der Waals surface area contributed by atoms with Crippen molar-refractivity contribution in [3.8, 4) is 0 Å². The van der Waals surface area contributed by atoms with E-state index >= 15 is 0 Å². The van der Waals surface area contributed by atoms with E-state index in [1.807, 2.05) is 0 Å². The van der Waals surface area contributed by atoms with Gasteiger partial charge in [-0.05, 0) is 13.0 Å². The first kappa shape index (κ1) is 9.76. The summed E-state index contributed by atoms with van der Waals surface area (Å²) in [4.78, 5) is 10.9. The van der Waals surface area contributed by atoms with Crippen LogP contribution in [-0.4, -0.2) is 30.3 Å². The molecule has 2 rings (SSSR count). The molecule has 1 aliphatic carbocycles. The molecule has 0 amide bonds. The van der Waals surface area contributed by atoms with Gasteiger partial charge in [-0.25, -0.2) is 0 Å². The molecule has 0 aromatic rings. The second-order valence-corrected chi connectivity index (χ2v) is 4.05. The molecule has 0 spiro atoms. The Morgan fingerprint density at radius 1 is 1.50 bits per heavy atom. The summed E-state index contributed by atoms with van der Waals surface area (Å²) in [6.07, 6.45) is -4.53. The van der Waals surface area contributed by atoms with Gasteiger partial charge in [0, 0.05) is 12.5 Å². The maximum Gasteiger partial charge on any atom is 0.392 e. The number of hydrogen-bond acceptors (Lipinski definition) is 2. The Morgan fingerprint density at radius 2 is 2.14 bits per heavy atom. The predicted molar refractivity (Wildman–Crippen MR) is 40.6 cm³/mol. The van der Waals surface area contributed by atoms with Crippen molar-refractivity contribution < 1.29 is 23.1 Å². The van der Waals surface area contributed by atoms with Crippen molar-refractivity contribution in [3.63, 3.8) is 0 Å². The highest BCUT2D eigenvalue weighted by molar-refractivity contribution is 5.77. The zero-order valence-corrected chi connectivity index (χ0v) is 7.27. The van der Waals surface area contributed by atoms with Crippen LogP contribution >= 0.6 is 0 Å². The minimum atomic E-state index is -4.25. The highest BCUT2D eigenvalue weighted by Crippen LogP contribution is 2.58. The number of rotatable bonds is 1. The van der Waals surface area contributed by atoms with Gasteiger partial charge in [0.25, 0.3) is 0 Å². The second kappa shape index (κ2) is 2.62. The molecule has 80 valence electrons. The summed E-state index contributed by atoms with van der Waals surface area (Å²) in [5, 5.41) is 11.6. The van der Waals surface area contributed by atoms with Crippen LogP contribution in [0.1, 0.15) is 6.42 Å². The quantitative estimate of drug-likeness (QED) is 0.673. The lowest BCUT2D eigenvalue weighted by Crippen LogP contribution is -2.57. The van der Waals surface area contributed by atoms with Gasteiger partial charge in [-0.3, -0.25) is 4.79 Å². The van der Waals surface area contributed by atoms with Crippen LogP contribution in [0, 0.1) is 17.3 Å². The number of carbonyl (C=O) groups is 1. The number of carboxylic acids is 1. The van der Waals surface area contributed by atoms with Gasteiger partial charge in [-0.2, -0.15) is 13.2 Å². The van der Waals surface area contributed by atoms with Crippen molar-refractivity contribution >= 4 is 5.97 Å². The van der Waals surface area contributed by atoms with Crippen molar-refractivity contribution in [2.45, 2.75) is 12.6 Å². The summed E-state index contributed by atoms with van der Waals surface area (Å²) >= 11 is 0. The number of carboxylic acid groups (broad SMARTS) is 1. The number of aliphatic carboxylic acids is 1. The molecule has 1 saturated carbocycles. The van der Waals surface area contributed by atoms with Crippen LogP contribution in [0.25, 0.3) is 0 Å². The largest absolute Gasteiger partial charge is 0.481 e. The van der Waals surface area contributed by atoms with Gasteiger partial charge < -0.3 is 10.4 Å². The molecule has 0 aromatic heterocycles. The van der Waals surface area contributed by atoms with Gasteiger partial charge in [0.2, 0.25) is 0 Å². The molecule has 3 atom stereocenters. The number of nitrogens with one attached hydrogen (secondary N) is 1. The van der Waals surface area contributed by atoms with E-state index in [4.69, 9.17) is 5.11 Å². The second-order valence-electron chi connectivity index (χ2n) is 4.05. The lowest BCUT2D eigenvalue weighted by Gasteiger charge is -2.48. The average molecular weight is 209 g/mol. The van der Waals surface area contributed by atoms with Crippen LogP contribution in [0.4, 0.5) is 13.2 Å². The van der Waals surface area contributed by atoms with Crippen molar-refractivity contribution in [1.29, 1.82) is 0 Å². The van der Waals surface area contributed by atoms with Gasteiger partial charge in [-0.1, -0.05) is 0 Å². The van der Waals surface area contributed by atoms with Gasteiger partial charge in [0.1, 0.15) is 0 Å². The third-order valence-electron chi connectivity index (χ3n) is 3.43. The van der Waals surface area contributed by atoms with Crippen molar-refractivity contribution in [2.24, 2.45) is 17.3 Å². The van der Waals surface area contributed by atoms with Crippen LogP contribution in [0.15, 0.2) is 0 Å². The first-order valence-corrected chi connectivity index (χ1v) is 4.39. The fourth-order valence-corrected chi connectivity index (χ4v) is 2.57. The third-order valence-corrected chi connectivity index (χ3v) is 3.43. The molecule has 0 aromatic carbocycles. The summed E-state index contributed by atoms with van der Waals surface area (Å²) in [6, 6.07) is 0. The van der Waals surface area contributed by atoms with Crippen LogP contribution in [0.2, 0.25) is 0 Å². The number of halogens is 3. The Hall–Kier alpha value is -0.780. The molecule has 1 aliphatic heterocycles. The Balaban J connectivity index is 2.18. The lowest BCUT2D eigenvalue weighted by atomic mass is 9.55. The Morgan fingerprint density at radius 3 is 2.64 bits per heavy atom. The number of hydrogen-bond donors (Lipinski definition) is 2. The summed E-state index contributed by atoms with van der Waals surface area (Å²) in [5.41, 5.74) is -1.15. The minimum Gasteiger partial charge on any atom is -0.481 e. The standard InChI is InChI=1S/C8H10F3NO2/c9-8(10,11)4-1-7(6(13)14)3-12-2-5(4)7/h4-5,12H,1-3H2,(H,13,14)/t4-,5+,7-/m0/s1. The highest BCUT2D eigenvalue weighted by Gasteiger charge is 2.68. The summed E-state index contributed by atoms with van der Waals surface area (Å²) in [5.74, 6) is -3.32. The molecule has 0 unspecified atom stereocenters. The Bertz CT molecular complexity index is 278. The van der Waals surface area contributed by atoms with Gasteiger partial charge >= 0.3 is 12.1 Å². The first-order chi connectivity index (χ1) is 6.38. The lowest BCUT2D eigenvalue weighted by molar-refractivity contribution is -0.242. The van der Waals surface area contributed by atoms with E-state index < -0.39 is 29.4 Å². The van der Waals surface area contributed by atoms with Crippen molar-refractivity contribution in [1.82, 2.24) is 5.32 Å². The minimum absolute atomic E-state index is 0.163. The van der Waals surface area contributed by atoms with Gasteiger partial charge in [0.15, 0.2) is 0 Å². The molecule has 2 N–H and O–H groups in total. The van der Waals surface area contributed by atoms with Crippen molar-refractivity contribution in [3.05, 3.63) is 0 Å². The van der Waals surface area contributed by atoms with E-state index in [1.54, 1.807) is 0 Å². The Labute approximate surface area is 78.3 Å². The van der Waals surface area contributed by atoms with Crippen molar-refractivity contribution in [2.75, 3.05) is 13.1 Å². The molecule has 1 saturated heterocycles. The van der Waals surface area contributed by atoms with Gasteiger partial charge in [-0.15, -0.1) is 0 Å². The van der Waals surface area contributed by atoms with E-state index in [2.05, 4.69) is 5.32 Å². The monoisotopic (exact) mass is 209 g/mol. The molecule has 0 radical (unpaired) electrons. The zero-order valence-electron chi connectivity index (χ0n) is 7.27. The average Bonchev–Trinajstić information content (AvgIpc) is 2.26. The summed E-state index contributed by atoms with van der Waals surface area (Å²) in [6.45, 7) is 0.329. The molecule has 0 bridgehead atoms. The molecular weight excluding hydrogens is 199 g/mol. The van der Waals surface area contributed by atoms with Crippen LogP contribution < -0.4 is 5.32 Å². The Kier molecular flexibility index (Phi) is 1.83. The number of alkyl halides is 3. The molecule has 6 heteroatoms.